The van der Waals surface area contributed by atoms with Crippen molar-refractivity contribution in [2.24, 2.45) is 0 Å². The Morgan fingerprint density at radius 1 is 1.67 bits per heavy atom. The molecule has 0 fully saturated rings. The van der Waals surface area contributed by atoms with Crippen molar-refractivity contribution in [2.75, 3.05) is 0 Å². The van der Waals surface area contributed by atoms with Gasteiger partial charge < -0.3 is 0 Å². The van der Waals surface area contributed by atoms with Crippen molar-refractivity contribution in [3.63, 3.8) is 0 Å². The fourth-order valence-electron chi connectivity index (χ4n) is 0.641. The Balaban J connectivity index is 2.90. The number of nitrogens with zero attached hydrogens (tertiary/aromatic N) is 3. The lowest BCUT2D eigenvalue weighted by Crippen LogP contribution is -1.98. The van der Waals surface area contributed by atoms with E-state index in [0.29, 0.717) is 0 Å². The molecule has 0 aromatic carbocycles. The average molecular weight is 168 g/mol. The van der Waals surface area contributed by atoms with Gasteiger partial charge in [-0.15, -0.1) is 0 Å². The van der Waals surface area contributed by atoms with Gasteiger partial charge >= 0.3 is 0 Å². The second kappa shape index (κ2) is 3.72. The predicted octanol–water partition coefficient (Wildman–Crippen LogP) is 1.28. The van der Waals surface area contributed by atoms with Crippen LogP contribution < -0.4 is 0 Å². The van der Waals surface area contributed by atoms with Crippen LogP contribution in [0.1, 0.15) is 17.9 Å². The van der Waals surface area contributed by atoms with Crippen LogP contribution in [0.15, 0.2) is 6.20 Å². The summed E-state index contributed by atoms with van der Waals surface area (Å²) in [5, 5.41) is 8.22. The van der Waals surface area contributed by atoms with E-state index in [9.17, 15) is 8.78 Å². The predicted molar refractivity (Wildman–Crippen MR) is 35.1 cm³/mol. The molecule has 0 aliphatic heterocycles. The zero-order valence-electron chi connectivity index (χ0n) is 5.96. The minimum Gasteiger partial charge on any atom is -0.240 e. The Labute approximate surface area is 67.7 Å². The molecule has 0 spiro atoms. The molecule has 0 atom stereocenters. The Morgan fingerprint density at radius 3 is 3.00 bits per heavy atom. The zero-order valence-corrected chi connectivity index (χ0v) is 5.96. The summed E-state index contributed by atoms with van der Waals surface area (Å²) in [5.41, 5.74) is -0.463. The molecular formula is C7H4F2N3. The summed E-state index contributed by atoms with van der Waals surface area (Å²) in [7, 11) is 0. The van der Waals surface area contributed by atoms with Crippen LogP contribution in [0.4, 0.5) is 8.78 Å². The van der Waals surface area contributed by atoms with Gasteiger partial charge in [0.15, 0.2) is 0 Å². The van der Waals surface area contributed by atoms with Gasteiger partial charge in [-0.2, -0.15) is 5.26 Å². The molecule has 0 bridgehead atoms. The van der Waals surface area contributed by atoms with Crippen molar-refractivity contribution in [3.05, 3.63) is 23.8 Å². The van der Waals surface area contributed by atoms with Crippen molar-refractivity contribution in [1.29, 1.82) is 5.26 Å². The van der Waals surface area contributed by atoms with E-state index in [4.69, 9.17) is 5.26 Å². The lowest BCUT2D eigenvalue weighted by Gasteiger charge is -1.97. The highest BCUT2D eigenvalue weighted by molar-refractivity contribution is 5.04. The van der Waals surface area contributed by atoms with Gasteiger partial charge in [0.1, 0.15) is 11.5 Å². The maximum atomic E-state index is 12.0. The van der Waals surface area contributed by atoms with Crippen LogP contribution in [-0.4, -0.2) is 9.97 Å². The quantitative estimate of drug-likeness (QED) is 0.668. The van der Waals surface area contributed by atoms with E-state index in [2.05, 4.69) is 16.0 Å². The fraction of sp³-hybridized carbons (Fsp3) is 0.286. The normalized spacial score (nSPS) is 9.83. The molecule has 1 heterocycles. The Morgan fingerprint density at radius 2 is 2.42 bits per heavy atom. The van der Waals surface area contributed by atoms with Gasteiger partial charge in [0.25, 0.3) is 6.43 Å². The molecule has 0 saturated heterocycles. The summed E-state index contributed by atoms with van der Waals surface area (Å²) in [6, 6.07) is 3.95. The van der Waals surface area contributed by atoms with E-state index in [0.717, 1.165) is 6.20 Å². The van der Waals surface area contributed by atoms with Gasteiger partial charge in [-0.3, -0.25) is 0 Å². The molecule has 0 saturated carbocycles. The summed E-state index contributed by atoms with van der Waals surface area (Å²) >= 11 is 0. The van der Waals surface area contributed by atoms with Crippen LogP contribution in [0.25, 0.3) is 0 Å². The minimum atomic E-state index is -2.66. The molecule has 1 radical (unpaired) electrons. The van der Waals surface area contributed by atoms with Gasteiger partial charge in [-0.05, 0) is 0 Å². The molecule has 1 aromatic rings. The first-order chi connectivity index (χ1) is 5.74. The van der Waals surface area contributed by atoms with E-state index in [1.165, 1.54) is 0 Å². The summed E-state index contributed by atoms with van der Waals surface area (Å²) in [6.07, 6.45) is -1.62. The number of nitriles is 1. The van der Waals surface area contributed by atoms with Crippen molar-refractivity contribution in [1.82, 2.24) is 9.97 Å². The molecule has 0 amide bonds. The van der Waals surface area contributed by atoms with Gasteiger partial charge in [0.2, 0.25) is 0 Å². The second-order valence-electron chi connectivity index (χ2n) is 1.95. The van der Waals surface area contributed by atoms with E-state index in [1.807, 2.05) is 0 Å². The molecule has 0 N–H and O–H groups in total. The highest BCUT2D eigenvalue weighted by atomic mass is 19.3. The highest BCUT2D eigenvalue weighted by Gasteiger charge is 2.09. The van der Waals surface area contributed by atoms with Crippen LogP contribution in [0.3, 0.4) is 0 Å². The number of aromatic nitrogens is 2. The van der Waals surface area contributed by atoms with Crippen molar-refractivity contribution in [2.45, 2.75) is 12.8 Å². The molecule has 0 unspecified atom stereocenters. The molecular weight excluding hydrogens is 164 g/mol. The van der Waals surface area contributed by atoms with Crippen LogP contribution in [-0.2, 0) is 6.42 Å². The first-order valence-corrected chi connectivity index (χ1v) is 3.12. The van der Waals surface area contributed by atoms with Crippen LogP contribution in [0.2, 0.25) is 0 Å². The smallest absolute Gasteiger partial charge is 0.240 e. The van der Waals surface area contributed by atoms with E-state index in [1.54, 1.807) is 6.07 Å². The zero-order chi connectivity index (χ0) is 8.97. The molecule has 0 aliphatic carbocycles. The summed E-state index contributed by atoms with van der Waals surface area (Å²) in [6.45, 7) is 0. The summed E-state index contributed by atoms with van der Waals surface area (Å²) in [4.78, 5) is 7.01. The maximum Gasteiger partial charge on any atom is 0.281 e. The third-order valence-electron chi connectivity index (χ3n) is 1.12. The standard InChI is InChI=1S/C7H4F2N3/c8-7(9)5-2-4-11-6(12-5)1-3-10/h4,7H,1H2. The van der Waals surface area contributed by atoms with Crippen LogP contribution in [0, 0.1) is 17.4 Å². The number of hydrogen-bond acceptors (Lipinski definition) is 3. The summed E-state index contributed by atoms with van der Waals surface area (Å²) < 4.78 is 24.0. The van der Waals surface area contributed by atoms with E-state index < -0.39 is 12.1 Å². The number of hydrogen-bond donors (Lipinski definition) is 0. The Hall–Kier alpha value is -1.57. The number of rotatable bonds is 2. The molecule has 3 nitrogen and oxygen atoms in total. The van der Waals surface area contributed by atoms with Crippen LogP contribution >= 0.6 is 0 Å². The Kier molecular flexibility index (Phi) is 2.64. The molecule has 0 aliphatic rings. The van der Waals surface area contributed by atoms with Gasteiger partial charge in [0, 0.05) is 12.3 Å². The van der Waals surface area contributed by atoms with E-state index in [-0.39, 0.29) is 12.2 Å². The highest BCUT2D eigenvalue weighted by Crippen LogP contribution is 2.14. The third kappa shape index (κ3) is 1.95. The number of alkyl halides is 2. The maximum absolute atomic E-state index is 12.0. The lowest BCUT2D eigenvalue weighted by molar-refractivity contribution is 0.145. The second-order valence-corrected chi connectivity index (χ2v) is 1.95. The van der Waals surface area contributed by atoms with Gasteiger partial charge in [-0.25, -0.2) is 18.7 Å². The molecule has 61 valence electrons. The summed E-state index contributed by atoms with van der Waals surface area (Å²) in [5.74, 6) is 0.103. The Bertz CT molecular complexity index is 306. The van der Waals surface area contributed by atoms with Crippen molar-refractivity contribution in [3.8, 4) is 6.07 Å². The van der Waals surface area contributed by atoms with E-state index >= 15 is 0 Å². The molecule has 12 heavy (non-hydrogen) atoms. The largest absolute Gasteiger partial charge is 0.281 e. The van der Waals surface area contributed by atoms with Gasteiger partial charge in [0.05, 0.1) is 12.5 Å². The number of halogens is 2. The van der Waals surface area contributed by atoms with Crippen molar-refractivity contribution >= 4 is 0 Å². The molecule has 1 aromatic heterocycles. The topological polar surface area (TPSA) is 49.6 Å². The van der Waals surface area contributed by atoms with Gasteiger partial charge in [-0.1, -0.05) is 0 Å². The SMILES string of the molecule is N#CCc1nc[c]c(C(F)F)n1. The first-order valence-electron chi connectivity index (χ1n) is 3.12. The average Bonchev–Trinajstić information content (AvgIpc) is 2.05. The first kappa shape index (κ1) is 8.53. The molecule has 1 rings (SSSR count). The minimum absolute atomic E-state index is 0.0611. The van der Waals surface area contributed by atoms with Crippen molar-refractivity contribution < 1.29 is 8.78 Å². The molecule has 5 heteroatoms. The fourth-order valence-corrected chi connectivity index (χ4v) is 0.641. The lowest BCUT2D eigenvalue weighted by atomic mass is 10.4. The third-order valence-corrected chi connectivity index (χ3v) is 1.12. The monoisotopic (exact) mass is 168 g/mol. The van der Waals surface area contributed by atoms with Crippen LogP contribution in [0.5, 0.6) is 0 Å².